The number of hydrogen-bond acceptors (Lipinski definition) is 3. The smallest absolute Gasteiger partial charge is 0.251 e. The largest absolute Gasteiger partial charge is 0.368 e. The van der Waals surface area contributed by atoms with Crippen molar-refractivity contribution in [1.82, 2.24) is 9.80 Å². The highest BCUT2D eigenvalue weighted by Crippen LogP contribution is 2.16. The molecule has 1 atom stereocenters. The summed E-state index contributed by atoms with van der Waals surface area (Å²) in [5, 5.41) is 0. The highest BCUT2D eigenvalue weighted by molar-refractivity contribution is 5.81. The number of rotatable bonds is 4. The summed E-state index contributed by atoms with van der Waals surface area (Å²) in [4.78, 5) is 16.6. The lowest BCUT2D eigenvalue weighted by Gasteiger charge is -2.35. The first-order chi connectivity index (χ1) is 10.8. The fourth-order valence-electron chi connectivity index (χ4n) is 3.03. The van der Waals surface area contributed by atoms with Gasteiger partial charge in [0.05, 0.1) is 0 Å². The molecule has 1 aromatic rings. The Morgan fingerprint density at radius 2 is 1.95 bits per heavy atom. The van der Waals surface area contributed by atoms with E-state index >= 15 is 0 Å². The van der Waals surface area contributed by atoms with Crippen LogP contribution in [0.15, 0.2) is 36.4 Å². The summed E-state index contributed by atoms with van der Waals surface area (Å²) in [6, 6.07) is 10.3. The average molecular weight is 300 g/mol. The topological polar surface area (TPSA) is 32.8 Å². The fraction of sp³-hybridized carbons (Fsp3) is 0.500. The molecule has 118 valence electrons. The van der Waals surface area contributed by atoms with Crippen LogP contribution in [0.4, 0.5) is 0 Å². The van der Waals surface area contributed by atoms with Gasteiger partial charge in [0.15, 0.2) is 0 Å². The molecule has 1 aromatic carbocycles. The average Bonchev–Trinajstić information content (AvgIpc) is 3.10. The predicted octanol–water partition coefficient (Wildman–Crippen LogP) is 2.02. The van der Waals surface area contributed by atoms with Gasteiger partial charge in [0.1, 0.15) is 6.10 Å². The number of nitrogens with zero attached hydrogens (tertiary/aromatic N) is 2. The van der Waals surface area contributed by atoms with E-state index in [2.05, 4.69) is 41.3 Å². The van der Waals surface area contributed by atoms with E-state index in [1.165, 1.54) is 5.56 Å². The molecule has 2 aliphatic rings. The van der Waals surface area contributed by atoms with E-state index in [9.17, 15) is 4.79 Å². The summed E-state index contributed by atoms with van der Waals surface area (Å²) < 4.78 is 5.49. The van der Waals surface area contributed by atoms with E-state index in [1.54, 1.807) is 0 Å². The third kappa shape index (κ3) is 3.96. The van der Waals surface area contributed by atoms with Crippen molar-refractivity contribution in [2.45, 2.75) is 18.9 Å². The Bertz CT molecular complexity index is 501. The molecule has 1 unspecified atom stereocenters. The minimum Gasteiger partial charge on any atom is -0.368 e. The number of amides is 1. The van der Waals surface area contributed by atoms with Gasteiger partial charge in [-0.25, -0.2) is 0 Å². The van der Waals surface area contributed by atoms with Crippen molar-refractivity contribution in [3.63, 3.8) is 0 Å². The minimum absolute atomic E-state index is 0.176. The molecule has 4 heteroatoms. The fourth-order valence-corrected chi connectivity index (χ4v) is 3.03. The summed E-state index contributed by atoms with van der Waals surface area (Å²) in [5.41, 5.74) is 1.23. The van der Waals surface area contributed by atoms with Crippen LogP contribution in [0, 0.1) is 0 Å². The molecule has 0 N–H and O–H groups in total. The SMILES string of the molecule is O=C(C1CCCO1)N1CCN(C/C=C/c2ccccc2)CC1. The molecular weight excluding hydrogens is 276 g/mol. The molecule has 0 aliphatic carbocycles. The van der Waals surface area contributed by atoms with Crippen LogP contribution in [0.5, 0.6) is 0 Å². The molecular formula is C18H24N2O2. The second kappa shape index (κ2) is 7.56. The van der Waals surface area contributed by atoms with Gasteiger partial charge in [0, 0.05) is 39.3 Å². The maximum absolute atomic E-state index is 12.3. The van der Waals surface area contributed by atoms with Crippen molar-refractivity contribution in [2.24, 2.45) is 0 Å². The molecule has 2 aliphatic heterocycles. The van der Waals surface area contributed by atoms with Gasteiger partial charge in [0.2, 0.25) is 0 Å². The van der Waals surface area contributed by atoms with Gasteiger partial charge >= 0.3 is 0 Å². The lowest BCUT2D eigenvalue weighted by atomic mass is 10.2. The number of piperazine rings is 1. The number of carbonyl (C=O) groups is 1. The van der Waals surface area contributed by atoms with Crippen LogP contribution in [0.2, 0.25) is 0 Å². The highest BCUT2D eigenvalue weighted by Gasteiger charge is 2.29. The monoisotopic (exact) mass is 300 g/mol. The Morgan fingerprint density at radius 1 is 1.18 bits per heavy atom. The van der Waals surface area contributed by atoms with Crippen LogP contribution in [0.25, 0.3) is 6.08 Å². The van der Waals surface area contributed by atoms with Crippen LogP contribution < -0.4 is 0 Å². The van der Waals surface area contributed by atoms with Crippen molar-refractivity contribution in [1.29, 1.82) is 0 Å². The quantitative estimate of drug-likeness (QED) is 0.853. The Balaban J connectivity index is 1.42. The molecule has 2 fully saturated rings. The second-order valence-corrected chi connectivity index (χ2v) is 5.94. The van der Waals surface area contributed by atoms with E-state index in [-0.39, 0.29) is 12.0 Å². The summed E-state index contributed by atoms with van der Waals surface area (Å²) >= 11 is 0. The van der Waals surface area contributed by atoms with Crippen molar-refractivity contribution in [3.05, 3.63) is 42.0 Å². The first-order valence-corrected chi connectivity index (χ1v) is 8.17. The van der Waals surface area contributed by atoms with Crippen molar-refractivity contribution < 1.29 is 9.53 Å². The van der Waals surface area contributed by atoms with Crippen molar-refractivity contribution in [3.8, 4) is 0 Å². The molecule has 4 nitrogen and oxygen atoms in total. The van der Waals surface area contributed by atoms with Gasteiger partial charge in [-0.1, -0.05) is 42.5 Å². The molecule has 22 heavy (non-hydrogen) atoms. The zero-order chi connectivity index (χ0) is 15.2. The third-order valence-electron chi connectivity index (χ3n) is 4.36. The van der Waals surface area contributed by atoms with Crippen LogP contribution in [-0.4, -0.2) is 61.1 Å². The van der Waals surface area contributed by atoms with Gasteiger partial charge in [-0.15, -0.1) is 0 Å². The summed E-state index contributed by atoms with van der Waals surface area (Å²) in [6.45, 7) is 5.20. The third-order valence-corrected chi connectivity index (χ3v) is 4.36. The summed E-state index contributed by atoms with van der Waals surface area (Å²) in [5.74, 6) is 0.192. The molecule has 0 aromatic heterocycles. The summed E-state index contributed by atoms with van der Waals surface area (Å²) in [7, 11) is 0. The Morgan fingerprint density at radius 3 is 2.64 bits per heavy atom. The van der Waals surface area contributed by atoms with E-state index < -0.39 is 0 Å². The Labute approximate surface area is 132 Å². The van der Waals surface area contributed by atoms with E-state index in [4.69, 9.17) is 4.74 Å². The first-order valence-electron chi connectivity index (χ1n) is 8.17. The van der Waals surface area contributed by atoms with Gasteiger partial charge in [-0.3, -0.25) is 9.69 Å². The molecule has 1 amide bonds. The lowest BCUT2D eigenvalue weighted by molar-refractivity contribution is -0.142. The first kappa shape index (κ1) is 15.3. The van der Waals surface area contributed by atoms with E-state index in [0.29, 0.717) is 0 Å². The van der Waals surface area contributed by atoms with Gasteiger partial charge in [-0.2, -0.15) is 0 Å². The molecule has 0 saturated carbocycles. The zero-order valence-electron chi connectivity index (χ0n) is 13.0. The minimum atomic E-state index is -0.176. The summed E-state index contributed by atoms with van der Waals surface area (Å²) in [6.07, 6.45) is 6.08. The molecule has 2 saturated heterocycles. The molecule has 2 heterocycles. The Hall–Kier alpha value is -1.65. The Kier molecular flexibility index (Phi) is 5.24. The number of ether oxygens (including phenoxy) is 1. The maximum Gasteiger partial charge on any atom is 0.251 e. The van der Waals surface area contributed by atoms with Crippen LogP contribution in [0.3, 0.4) is 0 Å². The maximum atomic E-state index is 12.3. The van der Waals surface area contributed by atoms with Crippen LogP contribution in [0.1, 0.15) is 18.4 Å². The van der Waals surface area contributed by atoms with Crippen LogP contribution >= 0.6 is 0 Å². The van der Waals surface area contributed by atoms with E-state index in [0.717, 1.165) is 52.2 Å². The van der Waals surface area contributed by atoms with E-state index in [1.807, 2.05) is 11.0 Å². The molecule has 0 spiro atoms. The van der Waals surface area contributed by atoms with Gasteiger partial charge in [0.25, 0.3) is 5.91 Å². The lowest BCUT2D eigenvalue weighted by Crippen LogP contribution is -2.51. The van der Waals surface area contributed by atoms with Gasteiger partial charge < -0.3 is 9.64 Å². The number of hydrogen-bond donors (Lipinski definition) is 0. The standard InChI is InChI=1S/C18H24N2O2/c21-18(17-9-5-15-22-17)20-13-11-19(12-14-20)10-4-8-16-6-2-1-3-7-16/h1-4,6-8,17H,5,9-15H2/b8-4+. The van der Waals surface area contributed by atoms with Crippen molar-refractivity contribution >= 4 is 12.0 Å². The normalized spacial score (nSPS) is 23.3. The number of benzene rings is 1. The zero-order valence-corrected chi connectivity index (χ0v) is 13.0. The predicted molar refractivity (Wildman–Crippen MR) is 87.5 cm³/mol. The molecule has 0 radical (unpaired) electrons. The second-order valence-electron chi connectivity index (χ2n) is 5.94. The molecule has 0 bridgehead atoms. The number of carbonyl (C=O) groups excluding carboxylic acids is 1. The van der Waals surface area contributed by atoms with Crippen molar-refractivity contribution in [2.75, 3.05) is 39.3 Å². The highest BCUT2D eigenvalue weighted by atomic mass is 16.5. The van der Waals surface area contributed by atoms with Crippen LogP contribution in [-0.2, 0) is 9.53 Å². The molecule has 3 rings (SSSR count). The van der Waals surface area contributed by atoms with Gasteiger partial charge in [-0.05, 0) is 18.4 Å².